The van der Waals surface area contributed by atoms with Crippen molar-refractivity contribution in [1.82, 2.24) is 0 Å². The van der Waals surface area contributed by atoms with Gasteiger partial charge >= 0.3 is 17.9 Å². The highest BCUT2D eigenvalue weighted by molar-refractivity contribution is 5.86. The van der Waals surface area contributed by atoms with Crippen LogP contribution in [-0.4, -0.2) is 56.7 Å². The molecule has 0 heterocycles. The van der Waals surface area contributed by atoms with E-state index in [4.69, 9.17) is 25.5 Å². The molecular weight excluding hydrogens is 332 g/mol. The van der Waals surface area contributed by atoms with Crippen LogP contribution in [0.3, 0.4) is 0 Å². The third kappa shape index (κ3) is 38.8. The number of carboxylic acid groups (broad SMARTS) is 3. The van der Waals surface area contributed by atoms with Crippen LogP contribution in [0.2, 0.25) is 0 Å². The quantitative estimate of drug-likeness (QED) is 0.355. The molecule has 0 aromatic rings. The van der Waals surface area contributed by atoms with E-state index in [1.54, 1.807) is 19.1 Å². The largest absolute Gasteiger partial charge is 0.478 e. The summed E-state index contributed by atoms with van der Waals surface area (Å²) in [7, 11) is 0. The number of hydrogen-bond acceptors (Lipinski definition) is 5. The van der Waals surface area contributed by atoms with E-state index in [-0.39, 0.29) is 24.4 Å². The second-order valence-electron chi connectivity index (χ2n) is 4.33. The van der Waals surface area contributed by atoms with Crippen molar-refractivity contribution in [2.75, 3.05) is 13.2 Å². The van der Waals surface area contributed by atoms with E-state index in [2.05, 4.69) is 19.7 Å². The highest BCUT2D eigenvalue weighted by atomic mass is 16.4. The summed E-state index contributed by atoms with van der Waals surface area (Å²) in [6.07, 6.45) is 3.90. The van der Waals surface area contributed by atoms with Crippen LogP contribution in [0, 0.1) is 0 Å². The summed E-state index contributed by atoms with van der Waals surface area (Å²) in [5.41, 5.74) is 0.722. The van der Waals surface area contributed by atoms with Gasteiger partial charge in [0.25, 0.3) is 0 Å². The molecule has 0 spiro atoms. The number of carboxylic acids is 3. The topological polar surface area (TPSA) is 152 Å². The lowest BCUT2D eigenvalue weighted by atomic mass is 10.2. The van der Waals surface area contributed by atoms with Crippen LogP contribution in [0.4, 0.5) is 0 Å². The Balaban J connectivity index is -0.000000123. The number of carbonyl (C=O) groups is 3. The Morgan fingerprint density at radius 3 is 1.20 bits per heavy atom. The van der Waals surface area contributed by atoms with Crippen LogP contribution in [0.1, 0.15) is 27.2 Å². The van der Waals surface area contributed by atoms with E-state index >= 15 is 0 Å². The van der Waals surface area contributed by atoms with Gasteiger partial charge in [0.1, 0.15) is 0 Å². The smallest absolute Gasteiger partial charge is 0.330 e. The highest BCUT2D eigenvalue weighted by Crippen LogP contribution is 1.94. The number of rotatable bonds is 6. The molecule has 8 heteroatoms. The van der Waals surface area contributed by atoms with Gasteiger partial charge < -0.3 is 25.5 Å². The number of aliphatic carboxylic acids is 3. The molecule has 0 unspecified atom stereocenters. The molecule has 0 aromatic heterocycles. The van der Waals surface area contributed by atoms with Crippen molar-refractivity contribution in [1.29, 1.82) is 0 Å². The molecule has 0 bridgehead atoms. The SMILES string of the molecule is C=C(C)C(=O)O.C=C(C)C(=O)O.C=CCC=C(C)C(=O)O.OCCO. The predicted octanol–water partition coefficient (Wildman–Crippen LogP) is 1.86. The van der Waals surface area contributed by atoms with Gasteiger partial charge in [0, 0.05) is 16.7 Å². The first-order valence-electron chi connectivity index (χ1n) is 6.89. The molecule has 0 amide bonds. The van der Waals surface area contributed by atoms with Crippen molar-refractivity contribution in [2.45, 2.75) is 27.2 Å². The molecular formula is C17H28O8. The molecule has 5 N–H and O–H groups in total. The molecule has 144 valence electrons. The lowest BCUT2D eigenvalue weighted by Crippen LogP contribution is -1.94. The number of allylic oxidation sites excluding steroid dienone is 2. The number of hydrogen-bond donors (Lipinski definition) is 5. The fraction of sp³-hybridized carbons (Fsp3) is 0.353. The molecule has 0 fully saturated rings. The third-order valence-electron chi connectivity index (χ3n) is 1.76. The van der Waals surface area contributed by atoms with Crippen molar-refractivity contribution in [3.8, 4) is 0 Å². The van der Waals surface area contributed by atoms with Crippen molar-refractivity contribution < 1.29 is 39.9 Å². The van der Waals surface area contributed by atoms with Crippen molar-refractivity contribution in [2.24, 2.45) is 0 Å². The summed E-state index contributed by atoms with van der Waals surface area (Å²) in [6, 6.07) is 0. The molecule has 8 nitrogen and oxygen atoms in total. The molecule has 0 aliphatic carbocycles. The Labute approximate surface area is 147 Å². The Morgan fingerprint density at radius 1 is 0.800 bits per heavy atom. The zero-order chi connectivity index (χ0) is 21.0. The predicted molar refractivity (Wildman–Crippen MR) is 95.3 cm³/mol. The third-order valence-corrected chi connectivity index (χ3v) is 1.76. The van der Waals surface area contributed by atoms with E-state index in [1.807, 2.05) is 0 Å². The van der Waals surface area contributed by atoms with E-state index in [1.165, 1.54) is 13.8 Å². The van der Waals surface area contributed by atoms with Gasteiger partial charge in [-0.2, -0.15) is 0 Å². The number of aliphatic hydroxyl groups is 2. The molecule has 0 rings (SSSR count). The van der Waals surface area contributed by atoms with Gasteiger partial charge in [0.15, 0.2) is 0 Å². The molecule has 0 aromatic carbocycles. The average Bonchev–Trinajstić information content (AvgIpc) is 2.53. The fourth-order valence-corrected chi connectivity index (χ4v) is 0.347. The van der Waals surface area contributed by atoms with Crippen LogP contribution in [0.25, 0.3) is 0 Å². The van der Waals surface area contributed by atoms with Crippen molar-refractivity contribution >= 4 is 17.9 Å². The van der Waals surface area contributed by atoms with E-state index in [0.717, 1.165) is 0 Å². The normalized spacial score (nSPS) is 8.76. The van der Waals surface area contributed by atoms with E-state index in [0.29, 0.717) is 12.0 Å². The number of aliphatic hydroxyl groups excluding tert-OH is 2. The first kappa shape index (κ1) is 30.2. The molecule has 0 atom stereocenters. The van der Waals surface area contributed by atoms with Crippen LogP contribution in [0.5, 0.6) is 0 Å². The van der Waals surface area contributed by atoms with Gasteiger partial charge in [-0.1, -0.05) is 25.3 Å². The van der Waals surface area contributed by atoms with Crippen LogP contribution < -0.4 is 0 Å². The summed E-state index contributed by atoms with van der Waals surface area (Å²) < 4.78 is 0. The maximum absolute atomic E-state index is 10.1. The van der Waals surface area contributed by atoms with Gasteiger partial charge in [-0.15, -0.1) is 6.58 Å². The van der Waals surface area contributed by atoms with E-state index < -0.39 is 17.9 Å². The zero-order valence-corrected chi connectivity index (χ0v) is 14.9. The Morgan fingerprint density at radius 2 is 1.08 bits per heavy atom. The minimum Gasteiger partial charge on any atom is -0.478 e. The Hall–Kier alpha value is -2.71. The second-order valence-corrected chi connectivity index (χ2v) is 4.33. The fourth-order valence-electron chi connectivity index (χ4n) is 0.347. The summed E-state index contributed by atoms with van der Waals surface area (Å²) in [5, 5.41) is 39.3. The zero-order valence-electron chi connectivity index (χ0n) is 14.9. The Bertz CT molecular complexity index is 425. The van der Waals surface area contributed by atoms with E-state index in [9.17, 15) is 14.4 Å². The van der Waals surface area contributed by atoms with Crippen LogP contribution in [-0.2, 0) is 14.4 Å². The summed E-state index contributed by atoms with van der Waals surface area (Å²) in [5.74, 6) is -2.73. The summed E-state index contributed by atoms with van der Waals surface area (Å²) in [6.45, 7) is 14.0. The minimum atomic E-state index is -0.935. The average molecular weight is 360 g/mol. The molecule has 0 aliphatic rings. The maximum atomic E-state index is 10.1. The van der Waals surface area contributed by atoms with Crippen molar-refractivity contribution in [3.63, 3.8) is 0 Å². The summed E-state index contributed by atoms with van der Waals surface area (Å²) >= 11 is 0. The molecule has 0 radical (unpaired) electrons. The summed E-state index contributed by atoms with van der Waals surface area (Å²) in [4.78, 5) is 29.3. The van der Waals surface area contributed by atoms with Gasteiger partial charge in [0.05, 0.1) is 13.2 Å². The molecule has 25 heavy (non-hydrogen) atoms. The first-order valence-corrected chi connectivity index (χ1v) is 6.89. The Kier molecular flexibility index (Phi) is 25.7. The van der Waals surface area contributed by atoms with Gasteiger partial charge in [-0.05, 0) is 27.2 Å². The minimum absolute atomic E-state index is 0.125. The monoisotopic (exact) mass is 360 g/mol. The standard InChI is InChI=1S/C7H10O2.2C4H6O2.C2H6O2/c1-3-4-5-6(2)7(8)9;2*1-3(2)4(5)6;3-1-2-4/h3,5H,1,4H2,2H3,(H,8,9);2*1H2,2H3,(H,5,6);3-4H,1-2H2. The highest BCUT2D eigenvalue weighted by Gasteiger charge is 1.95. The lowest BCUT2D eigenvalue weighted by Gasteiger charge is -1.87. The van der Waals surface area contributed by atoms with Crippen LogP contribution in [0.15, 0.2) is 48.6 Å². The van der Waals surface area contributed by atoms with Crippen molar-refractivity contribution in [3.05, 3.63) is 48.6 Å². The van der Waals surface area contributed by atoms with Gasteiger partial charge in [-0.3, -0.25) is 0 Å². The van der Waals surface area contributed by atoms with Gasteiger partial charge in [0.2, 0.25) is 0 Å². The van der Waals surface area contributed by atoms with Crippen LogP contribution >= 0.6 is 0 Å². The first-order chi connectivity index (χ1) is 11.4. The molecule has 0 saturated carbocycles. The second kappa shape index (κ2) is 21.3. The maximum Gasteiger partial charge on any atom is 0.330 e. The molecule has 0 aliphatic heterocycles. The molecule has 0 saturated heterocycles. The lowest BCUT2D eigenvalue weighted by molar-refractivity contribution is -0.133. The van der Waals surface area contributed by atoms with Gasteiger partial charge in [-0.25, -0.2) is 14.4 Å².